The van der Waals surface area contributed by atoms with Gasteiger partial charge in [-0.05, 0) is 24.6 Å². The largest absolute Gasteiger partial charge is 0.416 e. The number of hydrogen-bond donors (Lipinski definition) is 2. The van der Waals surface area contributed by atoms with E-state index in [0.29, 0.717) is 24.6 Å². The minimum Gasteiger partial charge on any atom is -0.352 e. The molecule has 1 aliphatic rings. The third-order valence-electron chi connectivity index (χ3n) is 4.33. The molecule has 0 aliphatic carbocycles. The van der Waals surface area contributed by atoms with Crippen molar-refractivity contribution >= 4 is 11.9 Å². The number of guanidine groups is 1. The van der Waals surface area contributed by atoms with Crippen LogP contribution in [-0.4, -0.2) is 49.5 Å². The summed E-state index contributed by atoms with van der Waals surface area (Å²) in [6.45, 7) is 5.32. The van der Waals surface area contributed by atoms with Gasteiger partial charge in [-0.2, -0.15) is 13.2 Å². The number of rotatable bonds is 3. The van der Waals surface area contributed by atoms with Crippen LogP contribution in [0.3, 0.4) is 0 Å². The molecule has 2 N–H and O–H groups in total. The van der Waals surface area contributed by atoms with Crippen LogP contribution in [0, 0.1) is 17.8 Å². The highest BCUT2D eigenvalue weighted by atomic mass is 19.4. The standard InChI is InChI=1S/C20H25F3N4O/c1-14(2)18(28)27-11-9-17(13-27)26-19(24-3)25-10-5-7-15-6-4-8-16(12-15)20(21,22)23/h4,6,8,12,14,17H,9-11,13H2,1-3H3,(H2,24,25,26). The Morgan fingerprint density at radius 2 is 2.14 bits per heavy atom. The second-order valence-electron chi connectivity index (χ2n) is 6.87. The van der Waals surface area contributed by atoms with E-state index in [4.69, 9.17) is 0 Å². The monoisotopic (exact) mass is 394 g/mol. The van der Waals surface area contributed by atoms with Crippen LogP contribution in [0.2, 0.25) is 0 Å². The van der Waals surface area contributed by atoms with E-state index >= 15 is 0 Å². The van der Waals surface area contributed by atoms with Crippen LogP contribution in [0.5, 0.6) is 0 Å². The number of halogens is 3. The van der Waals surface area contributed by atoms with Gasteiger partial charge in [0.25, 0.3) is 0 Å². The van der Waals surface area contributed by atoms with Crippen molar-refractivity contribution in [3.8, 4) is 11.8 Å². The Bertz CT molecular complexity index is 778. The molecular weight excluding hydrogens is 369 g/mol. The molecule has 0 saturated carbocycles. The molecule has 1 amide bonds. The van der Waals surface area contributed by atoms with E-state index in [2.05, 4.69) is 27.5 Å². The summed E-state index contributed by atoms with van der Waals surface area (Å²) in [5.41, 5.74) is -0.412. The van der Waals surface area contributed by atoms with Crippen molar-refractivity contribution in [1.29, 1.82) is 0 Å². The first kappa shape index (κ1) is 21.6. The van der Waals surface area contributed by atoms with Gasteiger partial charge in [0, 0.05) is 37.7 Å². The Labute approximate surface area is 163 Å². The van der Waals surface area contributed by atoms with Crippen LogP contribution in [0.15, 0.2) is 29.3 Å². The predicted octanol–water partition coefficient (Wildman–Crippen LogP) is 2.48. The number of nitrogens with zero attached hydrogens (tertiary/aromatic N) is 2. The van der Waals surface area contributed by atoms with E-state index in [1.165, 1.54) is 12.1 Å². The molecule has 1 aromatic rings. The molecule has 5 nitrogen and oxygen atoms in total. The fourth-order valence-corrected chi connectivity index (χ4v) is 2.88. The maximum atomic E-state index is 12.7. The van der Waals surface area contributed by atoms with Gasteiger partial charge >= 0.3 is 6.18 Å². The number of aliphatic imine (C=N–C) groups is 1. The summed E-state index contributed by atoms with van der Waals surface area (Å²) < 4.78 is 38.1. The lowest BCUT2D eigenvalue weighted by molar-refractivity contribution is -0.137. The van der Waals surface area contributed by atoms with Crippen molar-refractivity contribution in [2.24, 2.45) is 10.9 Å². The maximum absolute atomic E-state index is 12.7. The van der Waals surface area contributed by atoms with Gasteiger partial charge in [0.2, 0.25) is 5.91 Å². The van der Waals surface area contributed by atoms with Gasteiger partial charge in [0.15, 0.2) is 5.96 Å². The topological polar surface area (TPSA) is 56.7 Å². The zero-order valence-electron chi connectivity index (χ0n) is 16.2. The lowest BCUT2D eigenvalue weighted by Gasteiger charge is -2.20. The first-order chi connectivity index (χ1) is 13.2. The number of benzene rings is 1. The van der Waals surface area contributed by atoms with Crippen LogP contribution in [0.4, 0.5) is 13.2 Å². The van der Waals surface area contributed by atoms with Crippen LogP contribution < -0.4 is 10.6 Å². The van der Waals surface area contributed by atoms with Crippen molar-refractivity contribution in [3.05, 3.63) is 35.4 Å². The molecule has 1 unspecified atom stereocenters. The Morgan fingerprint density at radius 1 is 1.39 bits per heavy atom. The van der Waals surface area contributed by atoms with Crippen molar-refractivity contribution < 1.29 is 18.0 Å². The van der Waals surface area contributed by atoms with E-state index in [0.717, 1.165) is 18.6 Å². The Kier molecular flexibility index (Phi) is 7.32. The Balaban J connectivity index is 1.85. The normalized spacial score (nSPS) is 17.3. The van der Waals surface area contributed by atoms with Gasteiger partial charge in [-0.25, -0.2) is 0 Å². The lowest BCUT2D eigenvalue weighted by atomic mass is 10.1. The summed E-state index contributed by atoms with van der Waals surface area (Å²) in [5.74, 6) is 6.17. The van der Waals surface area contributed by atoms with E-state index in [1.54, 1.807) is 7.05 Å². The number of carbonyl (C=O) groups excluding carboxylic acids is 1. The molecule has 0 radical (unpaired) electrons. The van der Waals surface area contributed by atoms with Gasteiger partial charge in [0.1, 0.15) is 0 Å². The summed E-state index contributed by atoms with van der Waals surface area (Å²) >= 11 is 0. The quantitative estimate of drug-likeness (QED) is 0.471. The molecule has 1 saturated heterocycles. The average molecular weight is 394 g/mol. The highest BCUT2D eigenvalue weighted by molar-refractivity contribution is 5.81. The molecular formula is C20H25F3N4O. The molecule has 0 bridgehead atoms. The van der Waals surface area contributed by atoms with E-state index < -0.39 is 11.7 Å². The van der Waals surface area contributed by atoms with Gasteiger partial charge < -0.3 is 15.5 Å². The summed E-state index contributed by atoms with van der Waals surface area (Å²) in [7, 11) is 1.63. The minimum absolute atomic E-state index is 0.0256. The Hall–Kier alpha value is -2.69. The molecule has 1 aliphatic heterocycles. The molecule has 28 heavy (non-hydrogen) atoms. The molecule has 1 heterocycles. The fourth-order valence-electron chi connectivity index (χ4n) is 2.88. The van der Waals surface area contributed by atoms with Crippen molar-refractivity contribution in [1.82, 2.24) is 15.5 Å². The predicted molar refractivity (Wildman–Crippen MR) is 103 cm³/mol. The molecule has 0 spiro atoms. The van der Waals surface area contributed by atoms with Gasteiger partial charge in [-0.15, -0.1) is 0 Å². The van der Waals surface area contributed by atoms with E-state index in [-0.39, 0.29) is 24.4 Å². The van der Waals surface area contributed by atoms with Crippen LogP contribution in [-0.2, 0) is 11.0 Å². The van der Waals surface area contributed by atoms with Crippen LogP contribution in [0.25, 0.3) is 0 Å². The summed E-state index contributed by atoms with van der Waals surface area (Å²) in [5, 5.41) is 6.26. The first-order valence-corrected chi connectivity index (χ1v) is 9.12. The number of nitrogens with one attached hydrogen (secondary N) is 2. The second-order valence-corrected chi connectivity index (χ2v) is 6.87. The lowest BCUT2D eigenvalue weighted by Crippen LogP contribution is -2.45. The smallest absolute Gasteiger partial charge is 0.352 e. The molecule has 1 fully saturated rings. The minimum atomic E-state index is -4.38. The third-order valence-corrected chi connectivity index (χ3v) is 4.33. The molecule has 1 aromatic carbocycles. The number of likely N-dealkylation sites (tertiary alicyclic amines) is 1. The Morgan fingerprint density at radius 3 is 2.79 bits per heavy atom. The third kappa shape index (κ3) is 6.19. The average Bonchev–Trinajstić information content (AvgIpc) is 3.11. The first-order valence-electron chi connectivity index (χ1n) is 9.12. The highest BCUT2D eigenvalue weighted by Crippen LogP contribution is 2.29. The van der Waals surface area contributed by atoms with Crippen LogP contribution in [0.1, 0.15) is 31.4 Å². The zero-order valence-corrected chi connectivity index (χ0v) is 16.2. The molecule has 152 valence electrons. The second kappa shape index (κ2) is 9.49. The maximum Gasteiger partial charge on any atom is 0.416 e. The SMILES string of the molecule is CN=C(NCC#Cc1cccc(C(F)(F)F)c1)NC1CCN(C(=O)C(C)C)C1. The number of alkyl halides is 3. The fraction of sp³-hybridized carbons (Fsp3) is 0.500. The van der Waals surface area contributed by atoms with Gasteiger partial charge in [0.05, 0.1) is 12.1 Å². The molecule has 2 rings (SSSR count). The zero-order chi connectivity index (χ0) is 20.7. The number of hydrogen-bond acceptors (Lipinski definition) is 2. The molecule has 8 heteroatoms. The highest BCUT2D eigenvalue weighted by Gasteiger charge is 2.30. The summed E-state index contributed by atoms with van der Waals surface area (Å²) in [6, 6.07) is 5.02. The van der Waals surface area contributed by atoms with Crippen molar-refractivity contribution in [3.63, 3.8) is 0 Å². The van der Waals surface area contributed by atoms with Crippen LogP contribution >= 0.6 is 0 Å². The number of amides is 1. The summed E-state index contributed by atoms with van der Waals surface area (Å²) in [4.78, 5) is 18.0. The number of carbonyl (C=O) groups is 1. The van der Waals surface area contributed by atoms with E-state index in [1.807, 2.05) is 18.7 Å². The van der Waals surface area contributed by atoms with Crippen molar-refractivity contribution in [2.45, 2.75) is 32.5 Å². The van der Waals surface area contributed by atoms with E-state index in [9.17, 15) is 18.0 Å². The molecule has 1 atom stereocenters. The van der Waals surface area contributed by atoms with Gasteiger partial charge in [-0.3, -0.25) is 9.79 Å². The molecule has 0 aromatic heterocycles. The summed E-state index contributed by atoms with van der Waals surface area (Å²) in [6.07, 6.45) is -3.55. The van der Waals surface area contributed by atoms with Crippen molar-refractivity contribution in [2.75, 3.05) is 26.7 Å². The van der Waals surface area contributed by atoms with Gasteiger partial charge in [-0.1, -0.05) is 31.8 Å².